The first-order chi connectivity index (χ1) is 9.47. The molecule has 0 fully saturated rings. The van der Waals surface area contributed by atoms with Gasteiger partial charge in [-0.05, 0) is 18.6 Å². The molecule has 1 aromatic carbocycles. The molecule has 0 saturated heterocycles. The lowest BCUT2D eigenvalue weighted by Gasteiger charge is -2.18. The summed E-state index contributed by atoms with van der Waals surface area (Å²) >= 11 is 15.7. The first-order valence-corrected chi connectivity index (χ1v) is 7.97. The summed E-state index contributed by atoms with van der Waals surface area (Å²) in [4.78, 5) is 25.4. The largest absolute Gasteiger partial charge is 0.341 e. The van der Waals surface area contributed by atoms with E-state index in [1.807, 2.05) is 0 Å². The number of carbonyl (C=O) groups is 2. The molecule has 1 aromatic rings. The molecule has 108 valence electrons. The zero-order valence-electron chi connectivity index (χ0n) is 10.8. The molecule has 1 aliphatic rings. The fraction of sp³-hybridized carbons (Fsp3) is 0.385. The molecule has 0 spiro atoms. The molecule has 0 unspecified atom stereocenters. The van der Waals surface area contributed by atoms with E-state index in [-0.39, 0.29) is 11.8 Å². The average Bonchev–Trinajstić information content (AvgIpc) is 2.66. The molecule has 20 heavy (non-hydrogen) atoms. The van der Waals surface area contributed by atoms with Gasteiger partial charge in [-0.3, -0.25) is 9.59 Å². The Morgan fingerprint density at radius 3 is 2.65 bits per heavy atom. The van der Waals surface area contributed by atoms with E-state index in [2.05, 4.69) is 21.2 Å². The van der Waals surface area contributed by atoms with Crippen molar-refractivity contribution in [1.82, 2.24) is 5.32 Å². The third kappa shape index (κ3) is 2.80. The predicted octanol–water partition coefficient (Wildman–Crippen LogP) is 3.30. The number of nitrogens with zero attached hydrogens (tertiary/aromatic N) is 1. The summed E-state index contributed by atoms with van der Waals surface area (Å²) < 4.78 is 0. The van der Waals surface area contributed by atoms with Gasteiger partial charge in [0, 0.05) is 29.4 Å². The molecule has 0 aromatic heterocycles. The molecular formula is C13H13BrCl2N2O2. The van der Waals surface area contributed by atoms with Crippen molar-refractivity contribution in [2.75, 3.05) is 16.8 Å². The quantitative estimate of drug-likeness (QED) is 0.816. The van der Waals surface area contributed by atoms with Crippen LogP contribution >= 0.6 is 39.1 Å². The van der Waals surface area contributed by atoms with Crippen LogP contribution in [-0.4, -0.2) is 23.7 Å². The topological polar surface area (TPSA) is 49.4 Å². The summed E-state index contributed by atoms with van der Waals surface area (Å²) in [6, 6.07) is 2.54. The Hall–Kier alpha value is -0.780. The Labute approximate surface area is 135 Å². The van der Waals surface area contributed by atoms with Crippen LogP contribution in [0.3, 0.4) is 0 Å². The summed E-state index contributed by atoms with van der Waals surface area (Å²) in [6.07, 6.45) is 0.779. The Morgan fingerprint density at radius 1 is 1.40 bits per heavy atom. The Morgan fingerprint density at radius 2 is 2.05 bits per heavy atom. The van der Waals surface area contributed by atoms with E-state index in [0.29, 0.717) is 27.8 Å². The van der Waals surface area contributed by atoms with E-state index in [1.54, 1.807) is 17.0 Å². The van der Waals surface area contributed by atoms with E-state index in [4.69, 9.17) is 23.2 Å². The lowest BCUT2D eigenvalue weighted by molar-refractivity contribution is -0.126. The van der Waals surface area contributed by atoms with E-state index >= 15 is 0 Å². The summed E-state index contributed by atoms with van der Waals surface area (Å²) in [6.45, 7) is 1.89. The van der Waals surface area contributed by atoms with Crippen molar-refractivity contribution < 1.29 is 9.59 Å². The van der Waals surface area contributed by atoms with Crippen molar-refractivity contribution in [3.05, 3.63) is 27.7 Å². The van der Waals surface area contributed by atoms with Crippen LogP contribution in [0, 0.1) is 0 Å². The Bertz CT molecular complexity index is 566. The smallest absolute Gasteiger partial charge is 0.254 e. The van der Waals surface area contributed by atoms with Gasteiger partial charge >= 0.3 is 0 Å². The minimum atomic E-state index is -0.760. The molecule has 1 N–H and O–H groups in total. The predicted molar refractivity (Wildman–Crippen MR) is 83.8 cm³/mol. The number of hydrogen-bond acceptors (Lipinski definition) is 2. The number of fused-ring (bicyclic) bond motifs is 1. The van der Waals surface area contributed by atoms with Crippen LogP contribution in [-0.2, 0) is 9.59 Å². The molecule has 1 atom stereocenters. The second-order valence-electron chi connectivity index (χ2n) is 4.46. The van der Waals surface area contributed by atoms with Gasteiger partial charge in [-0.1, -0.05) is 39.1 Å². The summed E-state index contributed by atoms with van der Waals surface area (Å²) in [5, 5.41) is 4.30. The lowest BCUT2D eigenvalue weighted by Crippen LogP contribution is -2.37. The number of halogens is 3. The highest BCUT2D eigenvalue weighted by Gasteiger charge is 2.40. The fourth-order valence-corrected chi connectivity index (χ4v) is 3.05. The third-order valence-corrected chi connectivity index (χ3v) is 4.24. The van der Waals surface area contributed by atoms with Crippen LogP contribution < -0.4 is 10.2 Å². The zero-order chi connectivity index (χ0) is 14.9. The normalized spacial score (nSPS) is 17.3. The number of nitrogens with one attached hydrogen (secondary N) is 1. The van der Waals surface area contributed by atoms with E-state index < -0.39 is 6.04 Å². The summed E-state index contributed by atoms with van der Waals surface area (Å²) in [5.74, 6) is -0.487. The SMILES string of the molecule is CC(=O)N[C@@H]1C(=O)N(CCCBr)c2c(Cl)ccc(Cl)c21. The average molecular weight is 380 g/mol. The lowest BCUT2D eigenvalue weighted by atomic mass is 10.1. The molecule has 0 aliphatic carbocycles. The first-order valence-electron chi connectivity index (χ1n) is 6.09. The van der Waals surface area contributed by atoms with Crippen molar-refractivity contribution in [2.24, 2.45) is 0 Å². The third-order valence-electron chi connectivity index (χ3n) is 3.05. The van der Waals surface area contributed by atoms with Gasteiger partial charge in [0.05, 0.1) is 10.7 Å². The van der Waals surface area contributed by atoms with Crippen LogP contribution in [0.25, 0.3) is 0 Å². The number of benzene rings is 1. The molecule has 2 amide bonds. The highest BCUT2D eigenvalue weighted by Crippen LogP contribution is 2.44. The van der Waals surface area contributed by atoms with Gasteiger partial charge in [0.1, 0.15) is 6.04 Å². The van der Waals surface area contributed by atoms with E-state index in [9.17, 15) is 9.59 Å². The van der Waals surface area contributed by atoms with Crippen molar-refractivity contribution in [3.63, 3.8) is 0 Å². The monoisotopic (exact) mass is 378 g/mol. The molecule has 4 nitrogen and oxygen atoms in total. The summed E-state index contributed by atoms with van der Waals surface area (Å²) in [5.41, 5.74) is 1.18. The second-order valence-corrected chi connectivity index (χ2v) is 6.06. The molecule has 7 heteroatoms. The Kier molecular flexibility index (Phi) is 4.94. The molecule has 1 aliphatic heterocycles. The zero-order valence-corrected chi connectivity index (χ0v) is 13.8. The van der Waals surface area contributed by atoms with E-state index in [0.717, 1.165) is 11.8 Å². The van der Waals surface area contributed by atoms with Crippen LogP contribution in [0.2, 0.25) is 10.0 Å². The van der Waals surface area contributed by atoms with Crippen molar-refractivity contribution >= 4 is 56.6 Å². The van der Waals surface area contributed by atoms with Gasteiger partial charge in [-0.15, -0.1) is 0 Å². The highest BCUT2D eigenvalue weighted by molar-refractivity contribution is 9.09. The van der Waals surface area contributed by atoms with Gasteiger partial charge in [0.25, 0.3) is 5.91 Å². The molecule has 2 rings (SSSR count). The van der Waals surface area contributed by atoms with Crippen molar-refractivity contribution in [2.45, 2.75) is 19.4 Å². The molecule has 0 saturated carbocycles. The number of alkyl halides is 1. The van der Waals surface area contributed by atoms with Gasteiger partial charge in [0.15, 0.2) is 0 Å². The maximum Gasteiger partial charge on any atom is 0.254 e. The minimum Gasteiger partial charge on any atom is -0.341 e. The molecule has 1 heterocycles. The standard InChI is InChI=1S/C13H13BrCl2N2O2/c1-7(19)17-11-10-8(15)3-4-9(16)12(10)18(13(11)20)6-2-5-14/h3-4,11H,2,5-6H2,1H3,(H,17,19)/t11-/m0/s1. The number of amides is 2. The molecular weight excluding hydrogens is 367 g/mol. The highest BCUT2D eigenvalue weighted by atomic mass is 79.9. The van der Waals surface area contributed by atoms with Crippen LogP contribution in [0.15, 0.2) is 12.1 Å². The van der Waals surface area contributed by atoms with Crippen molar-refractivity contribution in [3.8, 4) is 0 Å². The van der Waals surface area contributed by atoms with Gasteiger partial charge in [-0.25, -0.2) is 0 Å². The van der Waals surface area contributed by atoms with Gasteiger partial charge in [0.2, 0.25) is 5.91 Å². The van der Waals surface area contributed by atoms with Crippen LogP contribution in [0.1, 0.15) is 24.9 Å². The maximum atomic E-state index is 12.5. The number of rotatable bonds is 4. The summed E-state index contributed by atoms with van der Waals surface area (Å²) in [7, 11) is 0. The molecule has 0 bridgehead atoms. The number of hydrogen-bond donors (Lipinski definition) is 1. The maximum absolute atomic E-state index is 12.5. The van der Waals surface area contributed by atoms with Crippen LogP contribution in [0.4, 0.5) is 5.69 Å². The first kappa shape index (κ1) is 15.6. The number of anilines is 1. The second kappa shape index (κ2) is 6.33. The molecule has 0 radical (unpaired) electrons. The fourth-order valence-electron chi connectivity index (χ4n) is 2.27. The van der Waals surface area contributed by atoms with E-state index in [1.165, 1.54) is 6.92 Å². The Balaban J connectivity index is 2.49. The van der Waals surface area contributed by atoms with Crippen molar-refractivity contribution in [1.29, 1.82) is 0 Å². The number of carbonyl (C=O) groups excluding carboxylic acids is 2. The van der Waals surface area contributed by atoms with Gasteiger partial charge in [-0.2, -0.15) is 0 Å². The van der Waals surface area contributed by atoms with Crippen LogP contribution in [0.5, 0.6) is 0 Å². The van der Waals surface area contributed by atoms with Gasteiger partial charge < -0.3 is 10.2 Å². The minimum absolute atomic E-state index is 0.203.